The molecule has 0 saturated carbocycles. The highest BCUT2D eigenvalue weighted by molar-refractivity contribution is 5.46. The predicted octanol–water partition coefficient (Wildman–Crippen LogP) is 2.09. The lowest BCUT2D eigenvalue weighted by Gasteiger charge is -2.29. The summed E-state index contributed by atoms with van der Waals surface area (Å²) in [4.78, 5) is 6.77. The number of rotatable bonds is 5. The number of pyridine rings is 1. The number of hydrogen-bond acceptors (Lipinski definition) is 4. The normalized spacial score (nSPS) is 16.3. The van der Waals surface area contributed by atoms with Gasteiger partial charge in [-0.3, -0.25) is 0 Å². The van der Waals surface area contributed by atoms with Crippen molar-refractivity contribution in [2.45, 2.75) is 20.5 Å². The Hall–Kier alpha value is -1.13. The number of morpholine rings is 1. The van der Waals surface area contributed by atoms with Crippen LogP contribution < -0.4 is 4.90 Å². The van der Waals surface area contributed by atoms with E-state index in [1.807, 2.05) is 12.3 Å². The summed E-state index contributed by atoms with van der Waals surface area (Å²) in [5.74, 6) is 1.61. The van der Waals surface area contributed by atoms with Crippen LogP contribution in [0.1, 0.15) is 19.4 Å². The molecule has 2 rings (SSSR count). The van der Waals surface area contributed by atoms with Crippen molar-refractivity contribution < 1.29 is 9.47 Å². The summed E-state index contributed by atoms with van der Waals surface area (Å²) < 4.78 is 11.1. The van der Waals surface area contributed by atoms with E-state index in [1.54, 1.807) is 0 Å². The molecule has 0 amide bonds. The Kier molecular flexibility index (Phi) is 4.96. The summed E-state index contributed by atoms with van der Waals surface area (Å²) in [6.07, 6.45) is 1.84. The van der Waals surface area contributed by atoms with Crippen molar-refractivity contribution in [1.29, 1.82) is 0 Å². The van der Waals surface area contributed by atoms with E-state index in [9.17, 15) is 0 Å². The third-order valence-corrected chi connectivity index (χ3v) is 2.89. The van der Waals surface area contributed by atoms with Gasteiger partial charge in [-0.2, -0.15) is 0 Å². The number of nitrogens with zero attached hydrogens (tertiary/aromatic N) is 2. The quantitative estimate of drug-likeness (QED) is 0.801. The lowest BCUT2D eigenvalue weighted by atomic mass is 10.2. The maximum absolute atomic E-state index is 5.71. The second-order valence-electron chi connectivity index (χ2n) is 4.99. The molecule has 1 fully saturated rings. The van der Waals surface area contributed by atoms with Gasteiger partial charge in [0.25, 0.3) is 0 Å². The van der Waals surface area contributed by atoms with Crippen LogP contribution in [0.15, 0.2) is 18.3 Å². The Bertz CT molecular complexity index is 363. The molecular formula is C14H22N2O2. The van der Waals surface area contributed by atoms with Crippen LogP contribution in [0.2, 0.25) is 0 Å². The van der Waals surface area contributed by atoms with E-state index >= 15 is 0 Å². The maximum atomic E-state index is 5.71. The number of aromatic nitrogens is 1. The van der Waals surface area contributed by atoms with Gasteiger partial charge in [0.15, 0.2) is 0 Å². The van der Waals surface area contributed by atoms with Crippen molar-refractivity contribution >= 4 is 5.82 Å². The van der Waals surface area contributed by atoms with Crippen molar-refractivity contribution in [3.05, 3.63) is 23.9 Å². The van der Waals surface area contributed by atoms with E-state index in [4.69, 9.17) is 9.47 Å². The van der Waals surface area contributed by atoms with E-state index in [-0.39, 0.29) is 0 Å². The third-order valence-electron chi connectivity index (χ3n) is 2.89. The fraction of sp³-hybridized carbons (Fsp3) is 0.643. The summed E-state index contributed by atoms with van der Waals surface area (Å²) in [6.45, 7) is 9.13. The van der Waals surface area contributed by atoms with Crippen LogP contribution >= 0.6 is 0 Å². The first kappa shape index (κ1) is 13.3. The minimum atomic E-state index is 0.563. The third kappa shape index (κ3) is 3.68. The molecule has 0 atom stereocenters. The number of ether oxygens (including phenoxy) is 2. The highest BCUT2D eigenvalue weighted by Crippen LogP contribution is 2.19. The van der Waals surface area contributed by atoms with Crippen LogP contribution in [0.3, 0.4) is 0 Å². The summed E-state index contributed by atoms with van der Waals surface area (Å²) in [5.41, 5.74) is 1.17. The van der Waals surface area contributed by atoms with E-state index in [0.29, 0.717) is 12.5 Å². The van der Waals surface area contributed by atoms with Gasteiger partial charge in [-0.05, 0) is 12.0 Å². The van der Waals surface area contributed by atoms with Crippen molar-refractivity contribution in [1.82, 2.24) is 4.98 Å². The maximum Gasteiger partial charge on any atom is 0.134 e. The van der Waals surface area contributed by atoms with Crippen LogP contribution in [0, 0.1) is 5.92 Å². The summed E-state index contributed by atoms with van der Waals surface area (Å²) in [7, 11) is 0. The summed E-state index contributed by atoms with van der Waals surface area (Å²) in [6, 6.07) is 4.07. The molecule has 1 aromatic heterocycles. The second kappa shape index (κ2) is 6.71. The van der Waals surface area contributed by atoms with E-state index in [2.05, 4.69) is 29.8 Å². The molecule has 4 nitrogen and oxygen atoms in total. The molecule has 100 valence electrons. The van der Waals surface area contributed by atoms with Crippen molar-refractivity contribution in [3.8, 4) is 0 Å². The molecule has 1 aliphatic rings. The molecule has 0 N–H and O–H groups in total. The Balaban J connectivity index is 2.00. The van der Waals surface area contributed by atoms with Gasteiger partial charge in [-0.15, -0.1) is 0 Å². The van der Waals surface area contributed by atoms with Crippen LogP contribution in [0.4, 0.5) is 5.82 Å². The lowest BCUT2D eigenvalue weighted by molar-refractivity contribution is 0.0962. The minimum absolute atomic E-state index is 0.563. The molecule has 0 aromatic carbocycles. The van der Waals surface area contributed by atoms with Gasteiger partial charge < -0.3 is 14.4 Å². The molecule has 4 heteroatoms. The molecule has 0 radical (unpaired) electrons. The van der Waals surface area contributed by atoms with Gasteiger partial charge >= 0.3 is 0 Å². The Labute approximate surface area is 109 Å². The van der Waals surface area contributed by atoms with Crippen LogP contribution in [-0.2, 0) is 16.1 Å². The molecule has 0 spiro atoms. The molecule has 1 aromatic rings. The summed E-state index contributed by atoms with van der Waals surface area (Å²) >= 11 is 0. The monoisotopic (exact) mass is 250 g/mol. The topological polar surface area (TPSA) is 34.6 Å². The first-order valence-corrected chi connectivity index (χ1v) is 6.61. The van der Waals surface area contributed by atoms with Crippen LogP contribution in [-0.4, -0.2) is 37.9 Å². The van der Waals surface area contributed by atoms with Gasteiger partial charge in [-0.25, -0.2) is 4.98 Å². The van der Waals surface area contributed by atoms with Crippen LogP contribution in [0.25, 0.3) is 0 Å². The first-order chi connectivity index (χ1) is 8.77. The highest BCUT2D eigenvalue weighted by atomic mass is 16.5. The molecular weight excluding hydrogens is 228 g/mol. The molecule has 1 aliphatic heterocycles. The van der Waals surface area contributed by atoms with Crippen molar-refractivity contribution in [2.24, 2.45) is 5.92 Å². The van der Waals surface area contributed by atoms with Gasteiger partial charge in [0.05, 0.1) is 19.8 Å². The highest BCUT2D eigenvalue weighted by Gasteiger charge is 2.15. The number of hydrogen-bond donors (Lipinski definition) is 0. The zero-order valence-corrected chi connectivity index (χ0v) is 11.3. The molecule has 2 heterocycles. The van der Waals surface area contributed by atoms with E-state index in [1.165, 1.54) is 5.56 Å². The fourth-order valence-corrected chi connectivity index (χ4v) is 2.01. The lowest BCUT2D eigenvalue weighted by Crippen LogP contribution is -2.37. The van der Waals surface area contributed by atoms with Gasteiger partial charge in [0.2, 0.25) is 0 Å². The zero-order valence-electron chi connectivity index (χ0n) is 11.3. The zero-order chi connectivity index (χ0) is 12.8. The molecule has 18 heavy (non-hydrogen) atoms. The second-order valence-corrected chi connectivity index (χ2v) is 4.99. The Morgan fingerprint density at radius 3 is 2.89 bits per heavy atom. The standard InChI is InChI=1S/C14H22N2O2/c1-12(2)10-18-11-13-4-3-5-15-14(13)16-6-8-17-9-7-16/h3-5,12H,6-11H2,1-2H3. The van der Waals surface area contributed by atoms with Crippen molar-refractivity contribution in [3.63, 3.8) is 0 Å². The SMILES string of the molecule is CC(C)COCc1cccnc1N1CCOCC1. The minimum Gasteiger partial charge on any atom is -0.378 e. The van der Waals surface area contributed by atoms with Gasteiger partial charge in [-0.1, -0.05) is 19.9 Å². The smallest absolute Gasteiger partial charge is 0.134 e. The van der Waals surface area contributed by atoms with E-state index in [0.717, 1.165) is 38.7 Å². The number of anilines is 1. The molecule has 0 bridgehead atoms. The van der Waals surface area contributed by atoms with Crippen LogP contribution in [0.5, 0.6) is 0 Å². The predicted molar refractivity (Wildman–Crippen MR) is 71.8 cm³/mol. The molecule has 1 saturated heterocycles. The van der Waals surface area contributed by atoms with Gasteiger partial charge in [0, 0.05) is 31.5 Å². The average Bonchev–Trinajstić information content (AvgIpc) is 2.40. The largest absolute Gasteiger partial charge is 0.378 e. The van der Waals surface area contributed by atoms with E-state index < -0.39 is 0 Å². The first-order valence-electron chi connectivity index (χ1n) is 6.61. The molecule has 0 unspecified atom stereocenters. The average molecular weight is 250 g/mol. The Morgan fingerprint density at radius 1 is 1.39 bits per heavy atom. The molecule has 0 aliphatic carbocycles. The van der Waals surface area contributed by atoms with Gasteiger partial charge in [0.1, 0.15) is 5.82 Å². The fourth-order valence-electron chi connectivity index (χ4n) is 2.01. The Morgan fingerprint density at radius 2 is 2.17 bits per heavy atom. The summed E-state index contributed by atoms with van der Waals surface area (Å²) in [5, 5.41) is 0. The van der Waals surface area contributed by atoms with Crippen molar-refractivity contribution in [2.75, 3.05) is 37.8 Å².